The maximum Gasteiger partial charge on any atom is 0.123 e. The third kappa shape index (κ3) is 2.68. The molecule has 2 N–H and O–H groups in total. The lowest BCUT2D eigenvalue weighted by Gasteiger charge is -2.31. The number of aryl methyl sites for hydroxylation is 2. The van der Waals surface area contributed by atoms with Gasteiger partial charge in [0.25, 0.3) is 0 Å². The number of benzene rings is 1. The maximum absolute atomic E-state index is 13.6. The molecule has 1 saturated carbocycles. The summed E-state index contributed by atoms with van der Waals surface area (Å²) in [6.07, 6.45) is 3.61. The predicted molar refractivity (Wildman–Crippen MR) is 107 cm³/mol. The van der Waals surface area contributed by atoms with Gasteiger partial charge in [-0.05, 0) is 68.0 Å². The van der Waals surface area contributed by atoms with Crippen LogP contribution in [0.4, 0.5) is 4.39 Å². The molecule has 1 aliphatic carbocycles. The molecule has 0 bridgehead atoms. The second-order valence-electron chi connectivity index (χ2n) is 8.61. The van der Waals surface area contributed by atoms with Crippen LogP contribution in [0, 0.1) is 31.5 Å². The molecule has 1 saturated heterocycles. The van der Waals surface area contributed by atoms with E-state index in [4.69, 9.17) is 0 Å². The van der Waals surface area contributed by atoms with Gasteiger partial charge in [-0.15, -0.1) is 0 Å². The molecule has 3 atom stereocenters. The third-order valence-electron chi connectivity index (χ3n) is 6.95. The van der Waals surface area contributed by atoms with Crippen molar-refractivity contribution in [1.29, 1.82) is 0 Å². The highest BCUT2D eigenvalue weighted by Gasteiger charge is 2.53. The Balaban J connectivity index is 1.39. The fraction of sp³-hybridized carbons (Fsp3) is 0.435. The fourth-order valence-electron chi connectivity index (χ4n) is 5.48. The molecule has 2 aromatic heterocycles. The molecule has 28 heavy (non-hydrogen) atoms. The van der Waals surface area contributed by atoms with Crippen molar-refractivity contribution in [2.45, 2.75) is 38.8 Å². The highest BCUT2D eigenvalue weighted by atomic mass is 19.1. The zero-order valence-corrected chi connectivity index (χ0v) is 16.4. The molecule has 0 spiro atoms. The van der Waals surface area contributed by atoms with Crippen LogP contribution in [0.25, 0.3) is 10.9 Å². The molecule has 1 aromatic carbocycles. The quantitative estimate of drug-likeness (QED) is 0.722. The molecule has 1 aliphatic heterocycles. The molecule has 0 amide bonds. The molecule has 3 aromatic rings. The van der Waals surface area contributed by atoms with Gasteiger partial charge >= 0.3 is 0 Å². The first-order chi connectivity index (χ1) is 13.5. The second-order valence-corrected chi connectivity index (χ2v) is 8.61. The minimum atomic E-state index is -0.830. The van der Waals surface area contributed by atoms with Gasteiger partial charge in [-0.25, -0.2) is 4.39 Å². The van der Waals surface area contributed by atoms with Gasteiger partial charge in [-0.1, -0.05) is 6.07 Å². The summed E-state index contributed by atoms with van der Waals surface area (Å²) in [7, 11) is 0. The molecule has 5 heteroatoms. The summed E-state index contributed by atoms with van der Waals surface area (Å²) in [5.41, 5.74) is 4.32. The van der Waals surface area contributed by atoms with Gasteiger partial charge in [0.15, 0.2) is 0 Å². The van der Waals surface area contributed by atoms with Crippen molar-refractivity contribution >= 4 is 10.9 Å². The summed E-state index contributed by atoms with van der Waals surface area (Å²) in [4.78, 5) is 10.4. The van der Waals surface area contributed by atoms with Crippen LogP contribution in [-0.2, 0) is 12.1 Å². The van der Waals surface area contributed by atoms with Crippen molar-refractivity contribution < 1.29 is 9.50 Å². The van der Waals surface area contributed by atoms with Crippen molar-refractivity contribution in [1.82, 2.24) is 14.9 Å². The summed E-state index contributed by atoms with van der Waals surface area (Å²) in [6.45, 7) is 6.74. The number of hydrogen-bond acceptors (Lipinski definition) is 3. The van der Waals surface area contributed by atoms with Crippen molar-refractivity contribution in [2.75, 3.05) is 13.1 Å². The number of nitrogens with zero attached hydrogens (tertiary/aromatic N) is 2. The Morgan fingerprint density at radius 2 is 2.14 bits per heavy atom. The molecule has 2 aliphatic rings. The van der Waals surface area contributed by atoms with Gasteiger partial charge in [0.1, 0.15) is 11.4 Å². The molecule has 0 radical (unpaired) electrons. The van der Waals surface area contributed by atoms with Crippen LogP contribution in [0.3, 0.4) is 0 Å². The zero-order chi connectivity index (χ0) is 19.5. The zero-order valence-electron chi connectivity index (χ0n) is 16.4. The molecule has 0 unspecified atom stereocenters. The number of aliphatic hydroxyl groups is 1. The summed E-state index contributed by atoms with van der Waals surface area (Å²) in [5, 5.41) is 12.5. The van der Waals surface area contributed by atoms with Gasteiger partial charge in [0.05, 0.1) is 5.69 Å². The number of hydrogen-bond donors (Lipinski definition) is 2. The Kier molecular flexibility index (Phi) is 4.07. The third-order valence-corrected chi connectivity index (χ3v) is 6.95. The predicted octanol–water partition coefficient (Wildman–Crippen LogP) is 4.05. The van der Waals surface area contributed by atoms with E-state index in [9.17, 15) is 9.50 Å². The van der Waals surface area contributed by atoms with Crippen LogP contribution in [0.5, 0.6) is 0 Å². The van der Waals surface area contributed by atoms with Crippen LogP contribution in [0.2, 0.25) is 0 Å². The van der Waals surface area contributed by atoms with E-state index in [1.165, 1.54) is 6.07 Å². The molecule has 2 fully saturated rings. The van der Waals surface area contributed by atoms with Gasteiger partial charge in [0, 0.05) is 48.3 Å². The number of aromatic nitrogens is 2. The van der Waals surface area contributed by atoms with Crippen LogP contribution in [-0.4, -0.2) is 33.1 Å². The Morgan fingerprint density at radius 3 is 2.96 bits per heavy atom. The maximum atomic E-state index is 13.6. The average molecular weight is 379 g/mol. The van der Waals surface area contributed by atoms with E-state index in [2.05, 4.69) is 21.8 Å². The fourth-order valence-corrected chi connectivity index (χ4v) is 5.48. The second kappa shape index (κ2) is 6.39. The number of aromatic amines is 1. The van der Waals surface area contributed by atoms with E-state index >= 15 is 0 Å². The van der Waals surface area contributed by atoms with Crippen LogP contribution in [0.1, 0.15) is 35.4 Å². The summed E-state index contributed by atoms with van der Waals surface area (Å²) < 4.78 is 13.6. The van der Waals surface area contributed by atoms with E-state index in [1.807, 2.05) is 25.1 Å². The average Bonchev–Trinajstić information content (AvgIpc) is 3.31. The Labute approximate surface area is 164 Å². The SMILES string of the molecule is Cc1cccnc1[C@]1(O)CC[C@H]2CN(Cc3[nH]c4ccc(F)cc4c3C)C[C@H]21. The number of halogens is 1. The summed E-state index contributed by atoms with van der Waals surface area (Å²) >= 11 is 0. The topological polar surface area (TPSA) is 52.2 Å². The first kappa shape index (κ1) is 17.8. The molecule has 5 rings (SSSR count). The molecular formula is C23H26FN3O. The highest BCUT2D eigenvalue weighted by molar-refractivity contribution is 5.84. The van der Waals surface area contributed by atoms with Gasteiger partial charge in [-0.3, -0.25) is 9.88 Å². The standard InChI is InChI=1S/C23H26FN3O/c1-14-4-3-9-25-22(14)23(28)8-7-16-11-27(12-19(16)23)13-21-15(2)18-10-17(24)5-6-20(18)26-21/h3-6,9-10,16,19,26,28H,7-8,11-13H2,1-2H3/t16-,19+,23-/m0/s1. The normalized spacial score (nSPS) is 27.6. The molecule has 4 nitrogen and oxygen atoms in total. The van der Waals surface area contributed by atoms with Crippen molar-refractivity contribution in [3.8, 4) is 0 Å². The number of nitrogens with one attached hydrogen (secondary N) is 1. The van der Waals surface area contributed by atoms with Crippen molar-refractivity contribution in [2.24, 2.45) is 11.8 Å². The lowest BCUT2D eigenvalue weighted by atomic mass is 9.83. The first-order valence-electron chi connectivity index (χ1n) is 10.1. The van der Waals surface area contributed by atoms with E-state index in [1.54, 1.807) is 12.3 Å². The van der Waals surface area contributed by atoms with Gasteiger partial charge in [0.2, 0.25) is 0 Å². The largest absolute Gasteiger partial charge is 0.383 e. The summed E-state index contributed by atoms with van der Waals surface area (Å²) in [6, 6.07) is 8.87. The monoisotopic (exact) mass is 379 g/mol. The van der Waals surface area contributed by atoms with Crippen LogP contribution in [0.15, 0.2) is 36.5 Å². The molecule has 3 heterocycles. The summed E-state index contributed by atoms with van der Waals surface area (Å²) in [5.74, 6) is 0.504. The van der Waals surface area contributed by atoms with Gasteiger partial charge < -0.3 is 10.1 Å². The number of likely N-dealkylation sites (tertiary alicyclic amines) is 1. The van der Waals surface area contributed by atoms with Crippen LogP contribution < -0.4 is 0 Å². The lowest BCUT2D eigenvalue weighted by molar-refractivity contribution is -0.0114. The number of fused-ring (bicyclic) bond motifs is 2. The van der Waals surface area contributed by atoms with E-state index in [0.717, 1.165) is 65.9 Å². The Bertz CT molecular complexity index is 1050. The molecule has 146 valence electrons. The highest BCUT2D eigenvalue weighted by Crippen LogP contribution is 2.50. The molecular weight excluding hydrogens is 353 g/mol. The smallest absolute Gasteiger partial charge is 0.123 e. The first-order valence-corrected chi connectivity index (χ1v) is 10.1. The number of rotatable bonds is 3. The van der Waals surface area contributed by atoms with E-state index in [0.29, 0.717) is 5.92 Å². The Hall–Kier alpha value is -2.24. The van der Waals surface area contributed by atoms with Crippen molar-refractivity contribution in [3.05, 3.63) is 64.9 Å². The minimum absolute atomic E-state index is 0.201. The number of pyridine rings is 1. The van der Waals surface area contributed by atoms with Crippen molar-refractivity contribution in [3.63, 3.8) is 0 Å². The van der Waals surface area contributed by atoms with Crippen LogP contribution >= 0.6 is 0 Å². The minimum Gasteiger partial charge on any atom is -0.383 e. The van der Waals surface area contributed by atoms with Gasteiger partial charge in [-0.2, -0.15) is 0 Å². The Morgan fingerprint density at radius 1 is 1.29 bits per heavy atom. The number of H-pyrrole nitrogens is 1. The van der Waals surface area contributed by atoms with E-state index in [-0.39, 0.29) is 11.7 Å². The lowest BCUT2D eigenvalue weighted by Crippen LogP contribution is -2.36. The van der Waals surface area contributed by atoms with E-state index < -0.39 is 5.60 Å².